The highest BCUT2D eigenvalue weighted by atomic mass is 16.2. The van der Waals surface area contributed by atoms with Gasteiger partial charge in [-0.3, -0.25) is 0 Å². The fourth-order valence-corrected chi connectivity index (χ4v) is 7.73. The van der Waals surface area contributed by atoms with E-state index >= 15 is 0 Å². The summed E-state index contributed by atoms with van der Waals surface area (Å²) in [6.07, 6.45) is 4.59. The SMILES string of the molecule is C.C=C(C)c1cccc(C(C)(C)N=C=O)c1.C=C(C)c1cccc(C(C)(C)NC(=O)NCCCC(CNC(=O)NC(C)(C)c2cccc(C(=C)C)c2)NC(=O)NC(C)(C)c2cccc(C(=C)C)c2)c1.NCCCC(N)CN. The number of allylic oxidation sites excluding steroid dienone is 4. The highest BCUT2D eigenvalue weighted by Gasteiger charge is 2.28. The number of nitrogens with one attached hydrogen (secondary N) is 6. The second-order valence-electron chi connectivity index (χ2n) is 21.7. The average molecular weight is 1060 g/mol. The van der Waals surface area contributed by atoms with Gasteiger partial charge in [-0.15, -0.1) is 0 Å². The summed E-state index contributed by atoms with van der Waals surface area (Å²) < 4.78 is 0. The van der Waals surface area contributed by atoms with E-state index < -0.39 is 28.2 Å². The third-order valence-electron chi connectivity index (χ3n) is 12.8. The maximum absolute atomic E-state index is 13.4. The Morgan fingerprint density at radius 2 is 0.922 bits per heavy atom. The molecule has 0 radical (unpaired) electrons. The Hall–Kier alpha value is -7.09. The van der Waals surface area contributed by atoms with Crippen molar-refractivity contribution in [2.45, 2.75) is 150 Å². The highest BCUT2D eigenvalue weighted by Crippen LogP contribution is 2.28. The Labute approximate surface area is 462 Å². The number of rotatable bonds is 23. The number of benzene rings is 4. The van der Waals surface area contributed by atoms with Gasteiger partial charge < -0.3 is 49.1 Å². The van der Waals surface area contributed by atoms with E-state index in [0.717, 1.165) is 79.6 Å². The normalized spacial score (nSPS) is 11.9. The first kappa shape index (κ1) is 67.9. The standard InChI is InChI=1S/C44H60N6O3.C13H15NO.C5H15N3.CH4/c1-29(2)32-17-13-20-35(25-32)42(7,8)48-39(51)45-24-16-23-38(47-41(53)50-44(11,12)37-22-15-19-34(27-37)31(5)6)28-46-40(52)49-43(9,10)36-21-14-18-33(26-36)30(3)4;1-10(2)11-6-5-7-12(8-11)13(3,4)14-9-15;6-3-1-2-5(8)4-7;/h13-15,17-22,25-27,38H,1,3,5,16,23-24,28H2,2,4,6-12H3,(H2,45,48,51)(H2,46,49,52)(H2,47,50,53);5-8H,1H2,2-4H3;5H,1-4,6-8H2;1H4. The second-order valence-corrected chi connectivity index (χ2v) is 21.7. The van der Waals surface area contributed by atoms with Gasteiger partial charge in [-0.25, -0.2) is 19.2 Å². The second kappa shape index (κ2) is 31.8. The molecule has 4 aromatic carbocycles. The fraction of sp³-hybridized carbons (Fsp3) is 0.429. The lowest BCUT2D eigenvalue weighted by molar-refractivity contribution is 0.219. The van der Waals surface area contributed by atoms with Gasteiger partial charge in [-0.1, -0.05) is 129 Å². The number of aliphatic imine (C=N–C) groups is 1. The molecule has 0 fully saturated rings. The van der Waals surface area contributed by atoms with Crippen molar-refractivity contribution in [2.75, 3.05) is 26.2 Å². The maximum Gasteiger partial charge on any atom is 0.315 e. The van der Waals surface area contributed by atoms with Gasteiger partial charge in [0, 0.05) is 31.7 Å². The van der Waals surface area contributed by atoms with Crippen LogP contribution in [0.25, 0.3) is 22.3 Å². The predicted molar refractivity (Wildman–Crippen MR) is 325 cm³/mol. The smallest absolute Gasteiger partial charge is 0.315 e. The first-order valence-electron chi connectivity index (χ1n) is 26.0. The number of carbonyl (C=O) groups is 3. The summed E-state index contributed by atoms with van der Waals surface area (Å²) in [7, 11) is 0. The lowest BCUT2D eigenvalue weighted by Gasteiger charge is -2.30. The van der Waals surface area contributed by atoms with Gasteiger partial charge >= 0.3 is 18.1 Å². The summed E-state index contributed by atoms with van der Waals surface area (Å²) in [6, 6.07) is 30.4. The van der Waals surface area contributed by atoms with Crippen molar-refractivity contribution in [3.05, 3.63) is 168 Å². The van der Waals surface area contributed by atoms with E-state index in [2.05, 4.69) is 63.2 Å². The number of urea groups is 3. The Bertz CT molecular complexity index is 2660. The molecule has 4 rings (SSSR count). The summed E-state index contributed by atoms with van der Waals surface area (Å²) in [5, 5.41) is 18.2. The van der Waals surface area contributed by atoms with Crippen LogP contribution in [0.1, 0.15) is 161 Å². The number of hydrogen-bond acceptors (Lipinski definition) is 8. The zero-order chi connectivity index (χ0) is 57.4. The van der Waals surface area contributed by atoms with Crippen LogP contribution in [0.5, 0.6) is 0 Å². The molecule has 2 unspecified atom stereocenters. The van der Waals surface area contributed by atoms with Crippen molar-refractivity contribution in [2.24, 2.45) is 22.2 Å². The van der Waals surface area contributed by atoms with Crippen LogP contribution in [-0.2, 0) is 27.0 Å². The van der Waals surface area contributed by atoms with Gasteiger partial charge in [-0.2, -0.15) is 4.99 Å². The van der Waals surface area contributed by atoms with Crippen LogP contribution in [0.3, 0.4) is 0 Å². The Morgan fingerprint density at radius 3 is 1.29 bits per heavy atom. The number of amides is 6. The van der Waals surface area contributed by atoms with E-state index in [1.54, 1.807) is 6.08 Å². The molecule has 0 aromatic heterocycles. The number of isocyanates is 1. The summed E-state index contributed by atoms with van der Waals surface area (Å²) in [5.41, 5.74) is 25.2. The number of hydrogen-bond donors (Lipinski definition) is 9. The van der Waals surface area contributed by atoms with E-state index in [1.807, 2.05) is 180 Å². The van der Waals surface area contributed by atoms with Gasteiger partial charge in [0.1, 0.15) is 0 Å². The molecule has 0 saturated heterocycles. The summed E-state index contributed by atoms with van der Waals surface area (Å²) in [5.74, 6) is 0. The molecule has 2 atom stereocenters. The first-order valence-corrected chi connectivity index (χ1v) is 26.0. The Morgan fingerprint density at radius 1 is 0.558 bits per heavy atom. The molecule has 6 amide bonds. The number of nitrogens with zero attached hydrogens (tertiary/aromatic N) is 1. The van der Waals surface area contributed by atoms with Crippen molar-refractivity contribution in [1.82, 2.24) is 31.9 Å². The van der Waals surface area contributed by atoms with Crippen LogP contribution >= 0.6 is 0 Å². The quantitative estimate of drug-likeness (QED) is 0.0198. The Kier molecular flexibility index (Phi) is 28.1. The van der Waals surface area contributed by atoms with Crippen LogP contribution in [0.15, 0.2) is 128 Å². The van der Waals surface area contributed by atoms with E-state index in [0.29, 0.717) is 32.5 Å². The largest absolute Gasteiger partial charge is 0.338 e. The van der Waals surface area contributed by atoms with Crippen molar-refractivity contribution in [3.8, 4) is 0 Å². The molecule has 14 nitrogen and oxygen atoms in total. The molecule has 0 saturated carbocycles. The fourth-order valence-electron chi connectivity index (χ4n) is 7.73. The molecule has 0 aliphatic rings. The van der Waals surface area contributed by atoms with E-state index in [9.17, 15) is 19.2 Å². The summed E-state index contributed by atoms with van der Waals surface area (Å²) in [4.78, 5) is 53.7. The van der Waals surface area contributed by atoms with Crippen molar-refractivity contribution in [3.63, 3.8) is 0 Å². The molecular weight excluding hydrogens is 961 g/mol. The molecule has 420 valence electrons. The molecule has 0 aliphatic heterocycles. The van der Waals surface area contributed by atoms with Crippen LogP contribution in [0, 0.1) is 0 Å². The van der Waals surface area contributed by atoms with Crippen LogP contribution in [-0.4, -0.2) is 62.4 Å². The molecule has 14 heteroatoms. The zero-order valence-corrected chi connectivity index (χ0v) is 47.7. The average Bonchev–Trinajstić information content (AvgIpc) is 3.36. The van der Waals surface area contributed by atoms with E-state index in [-0.39, 0.29) is 38.1 Å². The molecule has 0 bridgehead atoms. The minimum absolute atomic E-state index is 0. The first-order chi connectivity index (χ1) is 35.5. The predicted octanol–water partition coefficient (Wildman–Crippen LogP) is 11.9. The van der Waals surface area contributed by atoms with Crippen molar-refractivity contribution >= 4 is 46.5 Å². The van der Waals surface area contributed by atoms with Gasteiger partial charge in [0.2, 0.25) is 6.08 Å². The minimum atomic E-state index is -0.691. The van der Waals surface area contributed by atoms with Gasteiger partial charge in [-0.05, 0) is 184 Å². The van der Waals surface area contributed by atoms with Crippen molar-refractivity contribution in [1.29, 1.82) is 0 Å². The van der Waals surface area contributed by atoms with Gasteiger partial charge in [0.05, 0.1) is 22.2 Å². The maximum atomic E-state index is 13.4. The molecule has 0 heterocycles. The van der Waals surface area contributed by atoms with E-state index in [4.69, 9.17) is 17.2 Å². The van der Waals surface area contributed by atoms with Crippen LogP contribution in [0.4, 0.5) is 14.4 Å². The minimum Gasteiger partial charge on any atom is -0.338 e. The number of carbonyl (C=O) groups excluding carboxylic acids is 4. The van der Waals surface area contributed by atoms with Gasteiger partial charge in [0.25, 0.3) is 0 Å². The molecule has 0 aliphatic carbocycles. The zero-order valence-electron chi connectivity index (χ0n) is 47.7. The van der Waals surface area contributed by atoms with Crippen LogP contribution in [0.2, 0.25) is 0 Å². The third kappa shape index (κ3) is 23.8. The van der Waals surface area contributed by atoms with Crippen LogP contribution < -0.4 is 49.1 Å². The topological polar surface area (TPSA) is 231 Å². The summed E-state index contributed by atoms with van der Waals surface area (Å²) >= 11 is 0. The molecule has 0 spiro atoms. The highest BCUT2D eigenvalue weighted by molar-refractivity contribution is 5.77. The third-order valence-corrected chi connectivity index (χ3v) is 12.8. The molecule has 77 heavy (non-hydrogen) atoms. The molecular formula is C63H94N10O4. The van der Waals surface area contributed by atoms with Crippen molar-refractivity contribution < 1.29 is 19.2 Å². The lowest BCUT2D eigenvalue weighted by Crippen LogP contribution is -2.54. The molecule has 4 aromatic rings. The monoisotopic (exact) mass is 1050 g/mol. The number of nitrogens with two attached hydrogens (primary N) is 3. The van der Waals surface area contributed by atoms with Gasteiger partial charge in [0.15, 0.2) is 0 Å². The van der Waals surface area contributed by atoms with E-state index in [1.165, 1.54) is 0 Å². The Balaban J connectivity index is 0.00000101. The summed E-state index contributed by atoms with van der Waals surface area (Å²) in [6.45, 7) is 41.0. The molecule has 12 N–H and O–H groups in total. The lowest BCUT2D eigenvalue weighted by atomic mass is 9.92.